The highest BCUT2D eigenvalue weighted by Gasteiger charge is 2.34. The summed E-state index contributed by atoms with van der Waals surface area (Å²) in [7, 11) is 0. The fraction of sp³-hybridized carbons (Fsp3) is 0.545. The molecular weight excluding hydrogens is 329 g/mol. The van der Waals surface area contributed by atoms with E-state index in [2.05, 4.69) is 26.2 Å². The van der Waals surface area contributed by atoms with Crippen molar-refractivity contribution in [3.63, 3.8) is 0 Å². The van der Waals surface area contributed by atoms with E-state index < -0.39 is 11.7 Å². The van der Waals surface area contributed by atoms with Crippen LogP contribution in [0, 0.1) is 0 Å². The minimum absolute atomic E-state index is 0.0850. The van der Waals surface area contributed by atoms with E-state index in [0.717, 1.165) is 24.7 Å². The first-order valence-corrected chi connectivity index (χ1v) is 7.39. The van der Waals surface area contributed by atoms with Gasteiger partial charge in [0.1, 0.15) is 5.82 Å². The number of hydrogen-bond acceptors (Lipinski definition) is 3. The minimum Gasteiger partial charge on any atom is -0.368 e. The molecule has 1 N–H and O–H groups in total. The predicted octanol–water partition coefficient (Wildman–Crippen LogP) is 4.17. The van der Waals surface area contributed by atoms with Crippen LogP contribution in [0.4, 0.5) is 19.0 Å². The molecule has 2 heterocycles. The van der Waals surface area contributed by atoms with Crippen LogP contribution in [-0.2, 0) is 6.18 Å². The summed E-state index contributed by atoms with van der Waals surface area (Å²) in [5.74, 6) is 1.00. The highest BCUT2D eigenvalue weighted by Crippen LogP contribution is 2.35. The van der Waals surface area contributed by atoms with Gasteiger partial charge in [0.05, 0.1) is 5.56 Å². The quantitative estimate of drug-likeness (QED) is 0.893. The first-order chi connectivity index (χ1) is 8.47. The van der Waals surface area contributed by atoms with Crippen LogP contribution in [0.3, 0.4) is 0 Å². The van der Waals surface area contributed by atoms with E-state index in [4.69, 9.17) is 0 Å². The molecule has 0 aliphatic carbocycles. The molecule has 1 aromatic heterocycles. The van der Waals surface area contributed by atoms with Gasteiger partial charge >= 0.3 is 6.18 Å². The van der Waals surface area contributed by atoms with E-state index >= 15 is 0 Å². The van der Waals surface area contributed by atoms with Crippen LogP contribution in [0.2, 0.25) is 0 Å². The van der Waals surface area contributed by atoms with E-state index in [1.165, 1.54) is 6.20 Å². The second kappa shape index (κ2) is 5.69. The van der Waals surface area contributed by atoms with Gasteiger partial charge < -0.3 is 5.32 Å². The molecule has 1 aliphatic rings. The number of thioether (sulfide) groups is 1. The largest absolute Gasteiger partial charge is 0.419 e. The molecule has 0 aromatic carbocycles. The molecule has 1 saturated heterocycles. The molecule has 1 aromatic rings. The summed E-state index contributed by atoms with van der Waals surface area (Å²) in [5, 5.41) is 3.20. The lowest BCUT2D eigenvalue weighted by molar-refractivity contribution is -0.137. The van der Waals surface area contributed by atoms with Gasteiger partial charge in [0.15, 0.2) is 0 Å². The van der Waals surface area contributed by atoms with Gasteiger partial charge in [-0.2, -0.15) is 24.9 Å². The molecule has 1 unspecified atom stereocenters. The summed E-state index contributed by atoms with van der Waals surface area (Å²) in [6, 6.07) is 1.05. The second-order valence-corrected chi connectivity index (χ2v) is 6.39. The number of nitrogens with one attached hydrogen (secondary N) is 1. The summed E-state index contributed by atoms with van der Waals surface area (Å²) in [4.78, 5) is 3.82. The van der Waals surface area contributed by atoms with E-state index in [1.807, 2.05) is 0 Å². The smallest absolute Gasteiger partial charge is 0.368 e. The molecule has 1 fully saturated rings. The van der Waals surface area contributed by atoms with Crippen molar-refractivity contribution in [1.29, 1.82) is 0 Å². The van der Waals surface area contributed by atoms with E-state index in [-0.39, 0.29) is 5.82 Å². The number of aromatic nitrogens is 1. The average molecular weight is 341 g/mol. The van der Waals surface area contributed by atoms with Crippen LogP contribution in [0.25, 0.3) is 0 Å². The van der Waals surface area contributed by atoms with Gasteiger partial charge in [0, 0.05) is 22.5 Å². The zero-order valence-corrected chi connectivity index (χ0v) is 11.8. The highest BCUT2D eigenvalue weighted by molar-refractivity contribution is 9.10. The lowest BCUT2D eigenvalue weighted by Gasteiger charge is -2.15. The van der Waals surface area contributed by atoms with Gasteiger partial charge in [-0.05, 0) is 40.6 Å². The predicted molar refractivity (Wildman–Crippen MR) is 70.9 cm³/mol. The zero-order chi connectivity index (χ0) is 13.2. The van der Waals surface area contributed by atoms with Crippen LogP contribution in [0.1, 0.15) is 18.4 Å². The number of anilines is 1. The normalized spacial score (nSPS) is 20.1. The fourth-order valence-corrected chi connectivity index (χ4v) is 3.34. The van der Waals surface area contributed by atoms with Crippen molar-refractivity contribution in [2.45, 2.75) is 24.3 Å². The molecule has 0 amide bonds. The molecule has 0 bridgehead atoms. The van der Waals surface area contributed by atoms with E-state index in [0.29, 0.717) is 16.3 Å². The number of pyridine rings is 1. The lowest BCUT2D eigenvalue weighted by atomic mass is 10.2. The third-order valence-corrected chi connectivity index (χ3v) is 4.51. The maximum absolute atomic E-state index is 12.8. The second-order valence-electron chi connectivity index (χ2n) is 4.06. The van der Waals surface area contributed by atoms with Crippen molar-refractivity contribution in [1.82, 2.24) is 4.98 Å². The van der Waals surface area contributed by atoms with Crippen LogP contribution < -0.4 is 5.32 Å². The Morgan fingerprint density at radius 1 is 1.50 bits per heavy atom. The Balaban J connectivity index is 2.11. The van der Waals surface area contributed by atoms with Crippen molar-refractivity contribution in [2.24, 2.45) is 0 Å². The molecule has 0 radical (unpaired) electrons. The standard InChI is InChI=1S/C11H12BrF3N2S/c12-7-4-9(11(13,14)15)10(16-5-7)17-6-8-2-1-3-18-8/h4-5,8H,1-3,6H2,(H,16,17). The molecule has 7 heteroatoms. The Morgan fingerprint density at radius 2 is 2.28 bits per heavy atom. The monoisotopic (exact) mass is 340 g/mol. The van der Waals surface area contributed by atoms with Crippen molar-refractivity contribution in [3.8, 4) is 0 Å². The van der Waals surface area contributed by atoms with Crippen LogP contribution in [-0.4, -0.2) is 22.5 Å². The number of rotatable bonds is 3. The summed E-state index contributed by atoms with van der Waals surface area (Å²) in [6.45, 7) is 0.530. The number of nitrogens with zero attached hydrogens (tertiary/aromatic N) is 1. The topological polar surface area (TPSA) is 24.9 Å². The molecule has 1 aliphatic heterocycles. The molecule has 2 nitrogen and oxygen atoms in total. The van der Waals surface area contributed by atoms with Crippen LogP contribution in [0.15, 0.2) is 16.7 Å². The molecule has 2 rings (SSSR count). The third kappa shape index (κ3) is 3.54. The number of halogens is 4. The van der Waals surface area contributed by atoms with Crippen molar-refractivity contribution < 1.29 is 13.2 Å². The Kier molecular flexibility index (Phi) is 4.42. The number of hydrogen-bond donors (Lipinski definition) is 1. The first kappa shape index (κ1) is 14.0. The Hall–Kier alpha value is -0.430. The molecule has 18 heavy (non-hydrogen) atoms. The summed E-state index contributed by atoms with van der Waals surface area (Å²) in [6.07, 6.45) is -0.826. The first-order valence-electron chi connectivity index (χ1n) is 5.55. The fourth-order valence-electron chi connectivity index (χ4n) is 1.81. The summed E-state index contributed by atoms with van der Waals surface area (Å²) >= 11 is 4.81. The lowest BCUT2D eigenvalue weighted by Crippen LogP contribution is -2.18. The van der Waals surface area contributed by atoms with Crippen LogP contribution in [0.5, 0.6) is 0 Å². The van der Waals surface area contributed by atoms with Gasteiger partial charge in [-0.15, -0.1) is 0 Å². The SMILES string of the molecule is FC(F)(F)c1cc(Br)cnc1NCC1CCCS1. The van der Waals surface area contributed by atoms with Gasteiger partial charge in [-0.1, -0.05) is 0 Å². The Morgan fingerprint density at radius 3 is 2.89 bits per heavy atom. The average Bonchev–Trinajstić information content (AvgIpc) is 2.79. The molecule has 1 atom stereocenters. The maximum atomic E-state index is 12.8. The molecule has 0 saturated carbocycles. The summed E-state index contributed by atoms with van der Waals surface area (Å²) < 4.78 is 38.8. The van der Waals surface area contributed by atoms with Gasteiger partial charge in [0.25, 0.3) is 0 Å². The summed E-state index contributed by atoms with van der Waals surface area (Å²) in [5.41, 5.74) is -0.722. The van der Waals surface area contributed by atoms with Gasteiger partial charge in [-0.3, -0.25) is 0 Å². The third-order valence-electron chi connectivity index (χ3n) is 2.68. The minimum atomic E-state index is -4.39. The van der Waals surface area contributed by atoms with Crippen molar-refractivity contribution >= 4 is 33.5 Å². The van der Waals surface area contributed by atoms with E-state index in [1.54, 1.807) is 11.8 Å². The van der Waals surface area contributed by atoms with Crippen molar-refractivity contribution in [2.75, 3.05) is 17.6 Å². The van der Waals surface area contributed by atoms with Gasteiger partial charge in [-0.25, -0.2) is 4.98 Å². The van der Waals surface area contributed by atoms with Gasteiger partial charge in [0.2, 0.25) is 0 Å². The molecule has 0 spiro atoms. The highest BCUT2D eigenvalue weighted by atomic mass is 79.9. The Labute approximate surface area is 116 Å². The molecule has 100 valence electrons. The molecular formula is C11H12BrF3N2S. The van der Waals surface area contributed by atoms with E-state index in [9.17, 15) is 13.2 Å². The van der Waals surface area contributed by atoms with Crippen molar-refractivity contribution in [3.05, 3.63) is 22.3 Å². The maximum Gasteiger partial charge on any atom is 0.419 e. The van der Waals surface area contributed by atoms with Crippen LogP contribution >= 0.6 is 27.7 Å². The Bertz CT molecular complexity index is 419. The zero-order valence-electron chi connectivity index (χ0n) is 9.43. The number of alkyl halides is 3.